The molecule has 1 N–H and O–H groups in total. The van der Waals surface area contributed by atoms with Gasteiger partial charge in [-0.05, 0) is 43.9 Å². The molecule has 1 aliphatic carbocycles. The van der Waals surface area contributed by atoms with E-state index in [1.807, 2.05) is 0 Å². The summed E-state index contributed by atoms with van der Waals surface area (Å²) in [7, 11) is -4.11. The van der Waals surface area contributed by atoms with Gasteiger partial charge in [0.25, 0.3) is 0 Å². The molecule has 1 aromatic rings. The second kappa shape index (κ2) is 9.31. The number of amides is 1. The summed E-state index contributed by atoms with van der Waals surface area (Å²) in [5, 5.41) is 3.14. The molecule has 0 radical (unpaired) electrons. The number of carbonyl (C=O) groups excluding carboxylic acids is 1. The first-order valence-corrected chi connectivity index (χ1v) is 11.6. The summed E-state index contributed by atoms with van der Waals surface area (Å²) in [5.41, 5.74) is 0. The molecule has 1 aliphatic heterocycles. The van der Waals surface area contributed by atoms with E-state index in [1.54, 1.807) is 0 Å². The molecular weight excluding hydrogens is 386 g/mol. The summed E-state index contributed by atoms with van der Waals surface area (Å²) in [6, 6.07) is 2.62. The van der Waals surface area contributed by atoms with Crippen molar-refractivity contribution in [1.82, 2.24) is 9.62 Å². The Hall–Kier alpha value is -1.54. The molecule has 0 unspecified atom stereocenters. The molecule has 1 amide bonds. The van der Waals surface area contributed by atoms with Gasteiger partial charge in [0.15, 0.2) is 0 Å². The van der Waals surface area contributed by atoms with Crippen molar-refractivity contribution >= 4 is 15.9 Å². The lowest BCUT2D eigenvalue weighted by Crippen LogP contribution is -2.45. The lowest BCUT2D eigenvalue weighted by atomic mass is 9.94. The quantitative estimate of drug-likeness (QED) is 0.819. The Balaban J connectivity index is 1.57. The summed E-state index contributed by atoms with van der Waals surface area (Å²) in [6.45, 7) is 0.252. The number of halogens is 2. The second-order valence-electron chi connectivity index (χ2n) is 7.80. The van der Waals surface area contributed by atoms with Gasteiger partial charge in [-0.25, -0.2) is 17.2 Å². The highest BCUT2D eigenvalue weighted by molar-refractivity contribution is 7.89. The van der Waals surface area contributed by atoms with Gasteiger partial charge in [-0.3, -0.25) is 4.79 Å². The first-order chi connectivity index (χ1) is 13.4. The third kappa shape index (κ3) is 5.08. The lowest BCUT2D eigenvalue weighted by Gasteiger charge is -2.32. The van der Waals surface area contributed by atoms with Gasteiger partial charge in [-0.2, -0.15) is 4.31 Å². The van der Waals surface area contributed by atoms with Crippen LogP contribution >= 0.6 is 0 Å². The van der Waals surface area contributed by atoms with Crippen LogP contribution in [0.2, 0.25) is 0 Å². The van der Waals surface area contributed by atoms with Crippen LogP contribution in [0.4, 0.5) is 8.78 Å². The van der Waals surface area contributed by atoms with Crippen molar-refractivity contribution in [3.63, 3.8) is 0 Å². The number of nitrogens with one attached hydrogen (secondary N) is 1. The predicted molar refractivity (Wildman–Crippen MR) is 102 cm³/mol. The Bertz CT molecular complexity index is 785. The van der Waals surface area contributed by atoms with Crippen LogP contribution in [0.15, 0.2) is 23.1 Å². The summed E-state index contributed by atoms with van der Waals surface area (Å²) in [6.07, 6.45) is 8.69. The van der Waals surface area contributed by atoms with Crippen molar-refractivity contribution in [2.24, 2.45) is 5.92 Å². The molecule has 156 valence electrons. The van der Waals surface area contributed by atoms with Gasteiger partial charge in [0.2, 0.25) is 15.9 Å². The molecule has 1 saturated heterocycles. The molecule has 1 saturated carbocycles. The van der Waals surface area contributed by atoms with Crippen molar-refractivity contribution in [3.8, 4) is 0 Å². The molecule has 0 spiro atoms. The van der Waals surface area contributed by atoms with Crippen molar-refractivity contribution in [2.45, 2.75) is 68.7 Å². The fourth-order valence-electron chi connectivity index (χ4n) is 4.09. The highest BCUT2D eigenvalue weighted by Gasteiger charge is 2.34. The molecule has 28 heavy (non-hydrogen) atoms. The normalized spacial score (nSPS) is 21.1. The minimum absolute atomic E-state index is 0.0143. The molecule has 2 aliphatic rings. The first kappa shape index (κ1) is 21.2. The number of hydrogen-bond donors (Lipinski definition) is 1. The van der Waals surface area contributed by atoms with E-state index in [-0.39, 0.29) is 31.0 Å². The van der Waals surface area contributed by atoms with E-state index >= 15 is 0 Å². The van der Waals surface area contributed by atoms with Gasteiger partial charge in [-0.1, -0.05) is 32.1 Å². The third-order valence-electron chi connectivity index (χ3n) is 5.79. The maximum Gasteiger partial charge on any atom is 0.246 e. The van der Waals surface area contributed by atoms with Crippen molar-refractivity contribution in [1.29, 1.82) is 0 Å². The van der Waals surface area contributed by atoms with E-state index in [0.29, 0.717) is 18.9 Å². The topological polar surface area (TPSA) is 66.5 Å². The van der Waals surface area contributed by atoms with Crippen LogP contribution < -0.4 is 5.32 Å². The SMILES string of the molecule is O=C(NC1CCCCCCC1)C1CCN(S(=O)(=O)c2cc(F)ccc2F)CC1. The van der Waals surface area contributed by atoms with Crippen LogP contribution in [0, 0.1) is 17.6 Å². The Morgan fingerprint density at radius 3 is 2.21 bits per heavy atom. The van der Waals surface area contributed by atoms with Crippen LogP contribution in [0.1, 0.15) is 57.8 Å². The Kier molecular flexibility index (Phi) is 7.04. The summed E-state index contributed by atoms with van der Waals surface area (Å²) in [4.78, 5) is 12.0. The molecule has 0 bridgehead atoms. The van der Waals surface area contributed by atoms with E-state index in [4.69, 9.17) is 0 Å². The summed E-state index contributed by atoms with van der Waals surface area (Å²) in [5.74, 6) is -2.02. The number of benzene rings is 1. The molecule has 3 rings (SSSR count). The highest BCUT2D eigenvalue weighted by atomic mass is 32.2. The fraction of sp³-hybridized carbons (Fsp3) is 0.650. The van der Waals surface area contributed by atoms with E-state index in [9.17, 15) is 22.0 Å². The summed E-state index contributed by atoms with van der Waals surface area (Å²) >= 11 is 0. The summed E-state index contributed by atoms with van der Waals surface area (Å²) < 4.78 is 53.7. The number of piperidine rings is 1. The largest absolute Gasteiger partial charge is 0.353 e. The number of hydrogen-bond acceptors (Lipinski definition) is 3. The number of rotatable bonds is 4. The van der Waals surface area contributed by atoms with Gasteiger partial charge in [0.05, 0.1) is 0 Å². The average molecular weight is 415 g/mol. The minimum Gasteiger partial charge on any atom is -0.353 e. The zero-order valence-electron chi connectivity index (χ0n) is 16.0. The lowest BCUT2D eigenvalue weighted by molar-refractivity contribution is -0.127. The van der Waals surface area contributed by atoms with Crippen LogP contribution in [0.5, 0.6) is 0 Å². The third-order valence-corrected chi connectivity index (χ3v) is 7.70. The Morgan fingerprint density at radius 1 is 0.964 bits per heavy atom. The second-order valence-corrected chi connectivity index (χ2v) is 9.71. The zero-order valence-corrected chi connectivity index (χ0v) is 16.8. The molecule has 2 fully saturated rings. The maximum atomic E-state index is 13.9. The van der Waals surface area contributed by atoms with Crippen LogP contribution in [0.3, 0.4) is 0 Å². The first-order valence-electron chi connectivity index (χ1n) is 10.1. The highest BCUT2D eigenvalue weighted by Crippen LogP contribution is 2.26. The van der Waals surface area contributed by atoms with Crippen LogP contribution in [-0.4, -0.2) is 37.8 Å². The van der Waals surface area contributed by atoms with Gasteiger partial charge in [-0.15, -0.1) is 0 Å². The van der Waals surface area contributed by atoms with E-state index in [0.717, 1.165) is 42.1 Å². The number of nitrogens with zero attached hydrogens (tertiary/aromatic N) is 1. The zero-order chi connectivity index (χ0) is 20.1. The Morgan fingerprint density at radius 2 is 1.57 bits per heavy atom. The van der Waals surface area contributed by atoms with Gasteiger partial charge >= 0.3 is 0 Å². The molecule has 5 nitrogen and oxygen atoms in total. The van der Waals surface area contributed by atoms with Crippen LogP contribution in [0.25, 0.3) is 0 Å². The molecule has 8 heteroatoms. The molecule has 1 heterocycles. The number of carbonyl (C=O) groups is 1. The van der Waals surface area contributed by atoms with Gasteiger partial charge in [0, 0.05) is 25.0 Å². The fourth-order valence-corrected chi connectivity index (χ4v) is 5.64. The Labute approximate surface area is 165 Å². The number of sulfonamides is 1. The maximum absolute atomic E-state index is 13.9. The van der Waals surface area contributed by atoms with Crippen molar-refractivity contribution in [2.75, 3.05) is 13.1 Å². The van der Waals surface area contributed by atoms with E-state index < -0.39 is 26.6 Å². The molecule has 0 aromatic heterocycles. The monoisotopic (exact) mass is 414 g/mol. The van der Waals surface area contributed by atoms with Crippen molar-refractivity contribution < 1.29 is 22.0 Å². The molecule has 0 atom stereocenters. The molecular formula is C20H28F2N2O3S. The predicted octanol–water partition coefficient (Wildman–Crippen LogP) is 3.59. The van der Waals surface area contributed by atoms with E-state index in [1.165, 1.54) is 19.3 Å². The smallest absolute Gasteiger partial charge is 0.246 e. The van der Waals surface area contributed by atoms with Gasteiger partial charge < -0.3 is 5.32 Å². The van der Waals surface area contributed by atoms with Crippen LogP contribution in [-0.2, 0) is 14.8 Å². The van der Waals surface area contributed by atoms with Crippen molar-refractivity contribution in [3.05, 3.63) is 29.8 Å². The minimum atomic E-state index is -4.11. The molecule has 1 aromatic carbocycles. The standard InChI is InChI=1S/C20H28F2N2O3S/c21-16-8-9-18(22)19(14-16)28(26,27)24-12-10-15(11-13-24)20(25)23-17-6-4-2-1-3-5-7-17/h8-9,14-15,17H,1-7,10-13H2,(H,23,25). The van der Waals surface area contributed by atoms with E-state index in [2.05, 4.69) is 5.32 Å². The average Bonchev–Trinajstić information content (AvgIpc) is 2.65. The van der Waals surface area contributed by atoms with Gasteiger partial charge in [0.1, 0.15) is 16.5 Å².